The molecule has 0 saturated carbocycles. The topological polar surface area (TPSA) is 138 Å². The Morgan fingerprint density at radius 2 is 2.07 bits per heavy atom. The molecule has 10 heteroatoms. The van der Waals surface area contributed by atoms with E-state index in [0.717, 1.165) is 4.68 Å². The minimum Gasteiger partial charge on any atom is -0.271 e. The summed E-state index contributed by atoms with van der Waals surface area (Å²) in [4.78, 5) is 13.3. The van der Waals surface area contributed by atoms with Crippen LogP contribution in [0, 0.1) is 5.39 Å². The highest BCUT2D eigenvalue weighted by atomic mass is 32.3. The van der Waals surface area contributed by atoms with Gasteiger partial charge in [-0.3, -0.25) is 13.9 Å². The Morgan fingerprint density at radius 1 is 1.60 bits per heavy atom. The molecule has 0 amide bonds. The van der Waals surface area contributed by atoms with Gasteiger partial charge >= 0.3 is 16.2 Å². The first kappa shape index (κ1) is 13.2. The lowest BCUT2D eigenvalue weighted by molar-refractivity contribution is 0.0921. The van der Waals surface area contributed by atoms with Crippen LogP contribution in [0.3, 0.4) is 0 Å². The quantitative estimate of drug-likeness (QED) is 0.489. The van der Waals surface area contributed by atoms with Crippen LogP contribution in [0.15, 0.2) is 12.3 Å². The average molecular weight is 235 g/mol. The molecule has 0 radical (unpaired) electrons. The minimum absolute atomic E-state index is 0.134. The molecule has 0 atom stereocenters. The van der Waals surface area contributed by atoms with Crippen molar-refractivity contribution in [1.29, 1.82) is 5.39 Å². The smallest absolute Gasteiger partial charge is 0.271 e. The summed E-state index contributed by atoms with van der Waals surface area (Å²) < 4.78 is 32.7. The standard InChI is InChI=1S/C5H5N4O.H2O4S/c1-4(10)9-3-2-5(7-6)8-9;1-5(2,3)4/h2-3H,1H3;(H2,1,2,3,4)/q+1;. The zero-order chi connectivity index (χ0) is 12.1. The van der Waals surface area contributed by atoms with Gasteiger partial charge in [-0.1, -0.05) is 0 Å². The lowest BCUT2D eigenvalue weighted by atomic mass is 10.6. The van der Waals surface area contributed by atoms with E-state index in [2.05, 4.69) is 10.1 Å². The molecule has 0 unspecified atom stereocenters. The fraction of sp³-hybridized carbons (Fsp3) is 0.200. The summed E-state index contributed by atoms with van der Waals surface area (Å²) in [6.45, 7) is 1.37. The normalized spacial score (nSPS) is 9.73. The number of diazo groups is 1. The Balaban J connectivity index is 0.000000336. The van der Waals surface area contributed by atoms with Crippen molar-refractivity contribution in [3.63, 3.8) is 0 Å². The van der Waals surface area contributed by atoms with E-state index >= 15 is 0 Å². The van der Waals surface area contributed by atoms with Crippen molar-refractivity contribution in [2.45, 2.75) is 6.92 Å². The zero-order valence-electron chi connectivity index (χ0n) is 7.47. The molecule has 9 nitrogen and oxygen atoms in total. The van der Waals surface area contributed by atoms with E-state index < -0.39 is 10.4 Å². The van der Waals surface area contributed by atoms with Crippen LogP contribution in [-0.2, 0) is 10.4 Å². The van der Waals surface area contributed by atoms with Crippen molar-refractivity contribution in [2.75, 3.05) is 0 Å². The highest BCUT2D eigenvalue weighted by Crippen LogP contribution is 2.04. The predicted octanol–water partition coefficient (Wildman–Crippen LogP) is 0.375. The Bertz CT molecular complexity index is 476. The van der Waals surface area contributed by atoms with Crippen molar-refractivity contribution in [3.05, 3.63) is 17.2 Å². The Labute approximate surface area is 84.5 Å². The van der Waals surface area contributed by atoms with E-state index in [1.165, 1.54) is 19.2 Å². The Morgan fingerprint density at radius 3 is 2.27 bits per heavy atom. The molecular weight excluding hydrogens is 228 g/mol. The number of hydrogen-bond acceptors (Lipinski definition) is 5. The van der Waals surface area contributed by atoms with Crippen LogP contribution in [0.1, 0.15) is 11.7 Å². The van der Waals surface area contributed by atoms with Gasteiger partial charge in [0.2, 0.25) is 0 Å². The van der Waals surface area contributed by atoms with Crippen LogP contribution in [0.5, 0.6) is 0 Å². The number of carbonyl (C=O) groups is 1. The van der Waals surface area contributed by atoms with E-state index in [4.69, 9.17) is 22.9 Å². The molecule has 0 spiro atoms. The third kappa shape index (κ3) is 7.26. The molecule has 2 N–H and O–H groups in total. The summed E-state index contributed by atoms with van der Waals surface area (Å²) in [6.07, 6.45) is 1.43. The maximum atomic E-state index is 10.6. The maximum Gasteiger partial charge on any atom is 0.488 e. The monoisotopic (exact) mass is 235 g/mol. The molecule has 1 aromatic heterocycles. The minimum atomic E-state index is -4.67. The van der Waals surface area contributed by atoms with E-state index in [-0.39, 0.29) is 11.7 Å². The lowest BCUT2D eigenvalue weighted by Gasteiger charge is -1.79. The van der Waals surface area contributed by atoms with Gasteiger partial charge in [0.15, 0.2) is 0 Å². The number of rotatable bonds is 0. The summed E-state index contributed by atoms with van der Waals surface area (Å²) in [7, 11) is -4.67. The van der Waals surface area contributed by atoms with Gasteiger partial charge in [-0.2, -0.15) is 8.42 Å². The first-order valence-corrected chi connectivity index (χ1v) is 4.75. The van der Waals surface area contributed by atoms with E-state index in [1.54, 1.807) is 0 Å². The van der Waals surface area contributed by atoms with Crippen molar-refractivity contribution >= 4 is 22.1 Å². The van der Waals surface area contributed by atoms with Gasteiger partial charge in [-0.25, -0.2) is 0 Å². The largest absolute Gasteiger partial charge is 0.488 e. The van der Waals surface area contributed by atoms with Gasteiger partial charge in [-0.05, 0) is 0 Å². The van der Waals surface area contributed by atoms with Crippen molar-refractivity contribution in [3.8, 4) is 0 Å². The number of aromatic nitrogens is 2. The van der Waals surface area contributed by atoms with Crippen molar-refractivity contribution in [2.24, 2.45) is 0 Å². The Hall–Kier alpha value is -1.83. The molecule has 0 aliphatic carbocycles. The van der Waals surface area contributed by atoms with E-state index in [9.17, 15) is 4.79 Å². The fourth-order valence-corrected chi connectivity index (χ4v) is 0.543. The van der Waals surface area contributed by atoms with Crippen LogP contribution < -0.4 is 0 Å². The highest BCUT2D eigenvalue weighted by Gasteiger charge is 2.11. The first-order chi connectivity index (χ1) is 6.74. The van der Waals surface area contributed by atoms with Crippen molar-refractivity contribution in [1.82, 2.24) is 9.78 Å². The molecule has 0 fully saturated rings. The number of carbonyl (C=O) groups excluding carboxylic acids is 1. The molecule has 0 bridgehead atoms. The predicted molar refractivity (Wildman–Crippen MR) is 47.4 cm³/mol. The van der Waals surface area contributed by atoms with Gasteiger partial charge in [0.1, 0.15) is 0 Å². The van der Waals surface area contributed by atoms with Crippen LogP contribution in [0.2, 0.25) is 0 Å². The molecule has 0 aliphatic heterocycles. The molecular formula is C5H7N4O5S+. The van der Waals surface area contributed by atoms with Crippen molar-refractivity contribution < 1.29 is 22.3 Å². The average Bonchev–Trinajstić information content (AvgIpc) is 2.48. The first-order valence-electron chi connectivity index (χ1n) is 3.35. The summed E-state index contributed by atoms with van der Waals surface area (Å²) >= 11 is 0. The van der Waals surface area contributed by atoms with Gasteiger partial charge < -0.3 is 0 Å². The van der Waals surface area contributed by atoms with E-state index in [0.29, 0.717) is 0 Å². The molecule has 1 rings (SSSR count). The van der Waals surface area contributed by atoms with Gasteiger partial charge in [0.05, 0.1) is 22.8 Å². The molecule has 1 heterocycles. The van der Waals surface area contributed by atoms with Crippen LogP contribution in [0.25, 0.3) is 4.98 Å². The highest BCUT2D eigenvalue weighted by molar-refractivity contribution is 7.79. The van der Waals surface area contributed by atoms with E-state index in [1.807, 2.05) is 0 Å². The number of nitrogens with zero attached hydrogens (tertiary/aromatic N) is 4. The maximum absolute atomic E-state index is 10.6. The zero-order valence-corrected chi connectivity index (χ0v) is 8.29. The molecule has 0 aliphatic rings. The third-order valence-corrected chi connectivity index (χ3v) is 1.00. The van der Waals surface area contributed by atoms with Gasteiger partial charge in [-0.15, -0.1) is 4.68 Å². The fourth-order valence-electron chi connectivity index (χ4n) is 0.543. The summed E-state index contributed by atoms with van der Waals surface area (Å²) in [6, 6.07) is 1.43. The summed E-state index contributed by atoms with van der Waals surface area (Å²) in [5, 5.41) is 11.7. The second kappa shape index (κ2) is 5.15. The second-order valence-corrected chi connectivity index (χ2v) is 3.08. The third-order valence-electron chi connectivity index (χ3n) is 1.00. The second-order valence-electron chi connectivity index (χ2n) is 2.19. The lowest BCUT2D eigenvalue weighted by Crippen LogP contribution is -2.04. The van der Waals surface area contributed by atoms with Crippen LogP contribution >= 0.6 is 0 Å². The number of hydrogen-bond donors (Lipinski definition) is 2. The summed E-state index contributed by atoms with van der Waals surface area (Å²) in [5.41, 5.74) is 0. The van der Waals surface area contributed by atoms with Gasteiger partial charge in [0.25, 0.3) is 5.91 Å². The molecule has 0 aromatic carbocycles. The summed E-state index contributed by atoms with van der Waals surface area (Å²) in [5.74, 6) is -0.0786. The SMILES string of the molecule is CC(=O)n1ccc([N+]#N)n1.O=S(=O)(O)O. The van der Waals surface area contributed by atoms with Gasteiger partial charge in [0, 0.05) is 11.9 Å². The molecule has 1 aromatic rings. The molecule has 82 valence electrons. The molecule has 15 heavy (non-hydrogen) atoms. The van der Waals surface area contributed by atoms with Crippen LogP contribution in [-0.4, -0.2) is 33.2 Å². The molecule has 0 saturated heterocycles. The van der Waals surface area contributed by atoms with Crippen LogP contribution in [0.4, 0.5) is 5.82 Å². The Kier molecular flexibility index (Phi) is 4.52.